The summed E-state index contributed by atoms with van der Waals surface area (Å²) < 4.78 is 0. The van der Waals surface area contributed by atoms with Crippen LogP contribution in [0.2, 0.25) is 0 Å². The number of carbonyl (C=O) groups excluding carboxylic acids is 1. The van der Waals surface area contributed by atoms with Gasteiger partial charge in [0.15, 0.2) is 5.78 Å². The first-order valence-corrected chi connectivity index (χ1v) is 6.64. The number of Topliss-reactive ketones (excluding diaryl/α,β-unsaturated/α-hetero) is 1. The number of benzene rings is 1. The molecule has 0 aromatic heterocycles. The number of ketones is 1. The summed E-state index contributed by atoms with van der Waals surface area (Å²) in [6.07, 6.45) is 6.74. The highest BCUT2D eigenvalue weighted by Gasteiger charge is 2.21. The molecule has 1 aliphatic rings. The van der Waals surface area contributed by atoms with Gasteiger partial charge in [-0.1, -0.05) is 43.5 Å². The van der Waals surface area contributed by atoms with Gasteiger partial charge in [0.05, 0.1) is 0 Å². The quantitative estimate of drug-likeness (QED) is 0.810. The van der Waals surface area contributed by atoms with E-state index in [1.54, 1.807) is 0 Å². The highest BCUT2D eigenvalue weighted by atomic mass is 16.1. The lowest BCUT2D eigenvalue weighted by Crippen LogP contribution is -2.17. The van der Waals surface area contributed by atoms with Crippen LogP contribution >= 0.6 is 0 Å². The van der Waals surface area contributed by atoms with E-state index in [9.17, 15) is 4.79 Å². The van der Waals surface area contributed by atoms with Crippen LogP contribution in [-0.2, 0) is 6.42 Å². The first-order chi connectivity index (χ1) is 8.31. The Balaban J connectivity index is 2.03. The average Bonchev–Trinajstić information content (AvgIpc) is 2.40. The van der Waals surface area contributed by atoms with Crippen molar-refractivity contribution in [1.29, 1.82) is 0 Å². The Labute approximate surface area is 103 Å². The molecule has 0 unspecified atom stereocenters. The lowest BCUT2D eigenvalue weighted by Gasteiger charge is -2.20. The minimum atomic E-state index is 0.268. The van der Waals surface area contributed by atoms with Gasteiger partial charge in [-0.25, -0.2) is 0 Å². The summed E-state index contributed by atoms with van der Waals surface area (Å²) in [5.41, 5.74) is 7.60. The molecular weight excluding hydrogens is 210 g/mol. The van der Waals surface area contributed by atoms with Gasteiger partial charge < -0.3 is 5.73 Å². The second kappa shape index (κ2) is 5.97. The third kappa shape index (κ3) is 3.16. The van der Waals surface area contributed by atoms with Gasteiger partial charge in [0.1, 0.15) is 0 Å². The van der Waals surface area contributed by atoms with Crippen molar-refractivity contribution in [2.45, 2.75) is 38.5 Å². The van der Waals surface area contributed by atoms with E-state index in [0.29, 0.717) is 12.3 Å². The minimum Gasteiger partial charge on any atom is -0.330 e. The first-order valence-electron chi connectivity index (χ1n) is 6.64. The van der Waals surface area contributed by atoms with E-state index in [-0.39, 0.29) is 5.92 Å². The summed E-state index contributed by atoms with van der Waals surface area (Å²) >= 11 is 0. The van der Waals surface area contributed by atoms with Crippen LogP contribution < -0.4 is 5.73 Å². The summed E-state index contributed by atoms with van der Waals surface area (Å²) in [5, 5.41) is 0. The number of nitrogens with two attached hydrogens (primary N) is 1. The van der Waals surface area contributed by atoms with Crippen LogP contribution in [0, 0.1) is 5.92 Å². The Morgan fingerprint density at radius 1 is 1.12 bits per heavy atom. The van der Waals surface area contributed by atoms with Gasteiger partial charge in [0.25, 0.3) is 0 Å². The molecule has 0 aliphatic heterocycles. The van der Waals surface area contributed by atoms with Gasteiger partial charge in [-0.15, -0.1) is 0 Å². The molecule has 2 N–H and O–H groups in total. The summed E-state index contributed by atoms with van der Waals surface area (Å²) in [5.74, 6) is 0.605. The van der Waals surface area contributed by atoms with E-state index in [1.165, 1.54) is 24.8 Å². The monoisotopic (exact) mass is 231 g/mol. The molecule has 1 aromatic rings. The van der Waals surface area contributed by atoms with Gasteiger partial charge in [-0.2, -0.15) is 0 Å². The van der Waals surface area contributed by atoms with Gasteiger partial charge >= 0.3 is 0 Å². The standard InChI is InChI=1S/C15H21NO/c16-11-10-12-6-8-14(9-7-12)15(17)13-4-2-1-3-5-13/h6-9,13H,1-5,10-11,16H2. The molecule has 0 amide bonds. The molecule has 2 nitrogen and oxygen atoms in total. The van der Waals surface area contributed by atoms with Gasteiger partial charge in [-0.05, 0) is 31.4 Å². The van der Waals surface area contributed by atoms with Crippen LogP contribution in [0.25, 0.3) is 0 Å². The summed E-state index contributed by atoms with van der Waals surface area (Å²) in [6, 6.07) is 7.98. The Hall–Kier alpha value is -1.15. The molecular formula is C15H21NO. The SMILES string of the molecule is NCCc1ccc(C(=O)C2CCCCC2)cc1. The van der Waals surface area contributed by atoms with Crippen molar-refractivity contribution in [2.75, 3.05) is 6.54 Å². The minimum absolute atomic E-state index is 0.268. The zero-order valence-electron chi connectivity index (χ0n) is 10.3. The lowest BCUT2D eigenvalue weighted by molar-refractivity contribution is 0.0889. The zero-order chi connectivity index (χ0) is 12.1. The fourth-order valence-electron chi connectivity index (χ4n) is 2.60. The summed E-state index contributed by atoms with van der Waals surface area (Å²) in [7, 11) is 0. The van der Waals surface area contributed by atoms with Crippen LogP contribution in [0.1, 0.15) is 48.0 Å². The normalized spacial score (nSPS) is 17.0. The predicted molar refractivity (Wildman–Crippen MR) is 70.1 cm³/mol. The molecule has 0 atom stereocenters. The number of rotatable bonds is 4. The van der Waals surface area contributed by atoms with Gasteiger partial charge in [0, 0.05) is 11.5 Å². The van der Waals surface area contributed by atoms with Crippen molar-refractivity contribution in [3.05, 3.63) is 35.4 Å². The molecule has 1 saturated carbocycles. The number of carbonyl (C=O) groups is 1. The zero-order valence-corrected chi connectivity index (χ0v) is 10.3. The van der Waals surface area contributed by atoms with Crippen molar-refractivity contribution < 1.29 is 4.79 Å². The Morgan fingerprint density at radius 2 is 1.76 bits per heavy atom. The summed E-state index contributed by atoms with van der Waals surface area (Å²) in [6.45, 7) is 0.663. The number of hydrogen-bond donors (Lipinski definition) is 1. The van der Waals surface area contributed by atoms with E-state index < -0.39 is 0 Å². The van der Waals surface area contributed by atoms with Crippen LogP contribution in [0.15, 0.2) is 24.3 Å². The van der Waals surface area contributed by atoms with Crippen LogP contribution in [0.4, 0.5) is 0 Å². The van der Waals surface area contributed by atoms with Gasteiger partial charge in [0.2, 0.25) is 0 Å². The summed E-state index contributed by atoms with van der Waals surface area (Å²) in [4.78, 5) is 12.2. The Morgan fingerprint density at radius 3 is 2.35 bits per heavy atom. The molecule has 2 rings (SSSR count). The topological polar surface area (TPSA) is 43.1 Å². The Bertz CT molecular complexity index is 363. The highest BCUT2D eigenvalue weighted by Crippen LogP contribution is 2.26. The first kappa shape index (κ1) is 12.3. The highest BCUT2D eigenvalue weighted by molar-refractivity contribution is 5.97. The molecule has 0 spiro atoms. The van der Waals surface area contributed by atoms with Crippen LogP contribution in [0.3, 0.4) is 0 Å². The second-order valence-corrected chi connectivity index (χ2v) is 4.93. The molecule has 0 heterocycles. The van der Waals surface area contributed by atoms with E-state index >= 15 is 0 Å². The maximum absolute atomic E-state index is 12.2. The van der Waals surface area contributed by atoms with E-state index in [1.807, 2.05) is 24.3 Å². The number of hydrogen-bond acceptors (Lipinski definition) is 2. The fraction of sp³-hybridized carbons (Fsp3) is 0.533. The smallest absolute Gasteiger partial charge is 0.165 e. The van der Waals surface area contributed by atoms with Crippen LogP contribution in [-0.4, -0.2) is 12.3 Å². The van der Waals surface area contributed by atoms with E-state index in [0.717, 1.165) is 24.8 Å². The van der Waals surface area contributed by atoms with Crippen molar-refractivity contribution >= 4 is 5.78 Å². The molecule has 1 aromatic carbocycles. The molecule has 2 heteroatoms. The lowest BCUT2D eigenvalue weighted by atomic mass is 9.84. The van der Waals surface area contributed by atoms with Crippen molar-refractivity contribution in [3.8, 4) is 0 Å². The Kier molecular flexibility index (Phi) is 4.32. The molecule has 0 radical (unpaired) electrons. The van der Waals surface area contributed by atoms with Crippen molar-refractivity contribution in [2.24, 2.45) is 11.7 Å². The van der Waals surface area contributed by atoms with Gasteiger partial charge in [-0.3, -0.25) is 4.79 Å². The van der Waals surface area contributed by atoms with E-state index in [4.69, 9.17) is 5.73 Å². The molecule has 1 fully saturated rings. The molecule has 0 saturated heterocycles. The van der Waals surface area contributed by atoms with Crippen molar-refractivity contribution in [1.82, 2.24) is 0 Å². The largest absolute Gasteiger partial charge is 0.330 e. The molecule has 17 heavy (non-hydrogen) atoms. The predicted octanol–water partition coefficient (Wildman–Crippen LogP) is 2.95. The molecule has 92 valence electrons. The van der Waals surface area contributed by atoms with E-state index in [2.05, 4.69) is 0 Å². The average molecular weight is 231 g/mol. The maximum atomic E-state index is 12.2. The fourth-order valence-corrected chi connectivity index (χ4v) is 2.60. The molecule has 0 bridgehead atoms. The maximum Gasteiger partial charge on any atom is 0.165 e. The second-order valence-electron chi connectivity index (χ2n) is 4.93. The third-order valence-corrected chi connectivity index (χ3v) is 3.65. The molecule has 1 aliphatic carbocycles. The van der Waals surface area contributed by atoms with Crippen LogP contribution in [0.5, 0.6) is 0 Å². The third-order valence-electron chi connectivity index (χ3n) is 3.65. The van der Waals surface area contributed by atoms with Crippen molar-refractivity contribution in [3.63, 3.8) is 0 Å².